The molecule has 1 aliphatic heterocycles. The predicted molar refractivity (Wildman–Crippen MR) is 168 cm³/mol. The number of hydrogen-bond acceptors (Lipinski definition) is 7. The largest absolute Gasteiger partial charge is 0.350 e. The molecule has 3 fully saturated rings. The van der Waals surface area contributed by atoms with E-state index in [0.29, 0.717) is 46.0 Å². The Morgan fingerprint density at radius 3 is 2.57 bits per heavy atom. The SMILES string of the molecule is Cc1ncc(-c2ccc3c(c2)c(C(=O)NCC2CC2)nn3CC(=O)N2[C@H](C(=O)Nc3nc(Br)ccc3C)C[C@@]3(C)C[C@@H]23)cn1. The van der Waals surface area contributed by atoms with Crippen molar-refractivity contribution < 1.29 is 14.4 Å². The number of amides is 3. The smallest absolute Gasteiger partial charge is 0.272 e. The first-order valence-corrected chi connectivity index (χ1v) is 15.7. The van der Waals surface area contributed by atoms with Crippen molar-refractivity contribution in [2.45, 2.75) is 65.1 Å². The molecule has 11 nitrogen and oxygen atoms in total. The van der Waals surface area contributed by atoms with Gasteiger partial charge in [-0.2, -0.15) is 5.10 Å². The summed E-state index contributed by atoms with van der Waals surface area (Å²) in [6.45, 7) is 6.34. The first-order chi connectivity index (χ1) is 21.1. The molecule has 0 spiro atoms. The van der Waals surface area contributed by atoms with Crippen molar-refractivity contribution in [1.29, 1.82) is 0 Å². The summed E-state index contributed by atoms with van der Waals surface area (Å²) in [6, 6.07) is 8.75. The highest BCUT2D eigenvalue weighted by atomic mass is 79.9. The molecule has 0 bridgehead atoms. The van der Waals surface area contributed by atoms with Crippen molar-refractivity contribution in [2.24, 2.45) is 11.3 Å². The molecule has 0 unspecified atom stereocenters. The van der Waals surface area contributed by atoms with Gasteiger partial charge in [0.25, 0.3) is 5.91 Å². The van der Waals surface area contributed by atoms with E-state index in [1.54, 1.807) is 22.0 Å². The molecule has 4 aromatic rings. The Kier molecular flexibility index (Phi) is 6.99. The molecule has 2 saturated carbocycles. The number of fused-ring (bicyclic) bond motifs is 2. The average molecular weight is 658 g/mol. The monoisotopic (exact) mass is 656 g/mol. The van der Waals surface area contributed by atoms with E-state index in [9.17, 15) is 14.4 Å². The number of likely N-dealkylation sites (tertiary alicyclic amines) is 1. The Balaban J connectivity index is 1.18. The van der Waals surface area contributed by atoms with Crippen molar-refractivity contribution in [3.8, 4) is 11.1 Å². The number of anilines is 1. The summed E-state index contributed by atoms with van der Waals surface area (Å²) < 4.78 is 2.21. The predicted octanol–water partition coefficient (Wildman–Crippen LogP) is 4.43. The number of benzene rings is 1. The van der Waals surface area contributed by atoms with Crippen LogP contribution >= 0.6 is 15.9 Å². The summed E-state index contributed by atoms with van der Waals surface area (Å²) >= 11 is 3.37. The maximum atomic E-state index is 14.0. The molecular weight excluding hydrogens is 624 g/mol. The van der Waals surface area contributed by atoms with E-state index in [0.717, 1.165) is 36.0 Å². The van der Waals surface area contributed by atoms with Gasteiger partial charge in [0, 0.05) is 35.9 Å². The molecule has 3 aliphatic rings. The zero-order valence-corrected chi connectivity index (χ0v) is 26.4. The second-order valence-electron chi connectivity index (χ2n) is 12.6. The van der Waals surface area contributed by atoms with Crippen LogP contribution in [0, 0.1) is 25.2 Å². The minimum Gasteiger partial charge on any atom is -0.350 e. The van der Waals surface area contributed by atoms with Gasteiger partial charge in [-0.05, 0) is 96.1 Å². The Morgan fingerprint density at radius 1 is 1.05 bits per heavy atom. The molecule has 0 radical (unpaired) electrons. The van der Waals surface area contributed by atoms with Crippen LogP contribution in [0.25, 0.3) is 22.0 Å². The van der Waals surface area contributed by atoms with Crippen LogP contribution in [0.1, 0.15) is 54.5 Å². The van der Waals surface area contributed by atoms with Crippen molar-refractivity contribution in [2.75, 3.05) is 11.9 Å². The molecule has 1 aromatic carbocycles. The molecule has 4 heterocycles. The lowest BCUT2D eigenvalue weighted by atomic mass is 10.0. The lowest BCUT2D eigenvalue weighted by Crippen LogP contribution is -2.47. The number of carbonyl (C=O) groups is 3. The van der Waals surface area contributed by atoms with E-state index in [1.165, 1.54) is 0 Å². The Hall–Kier alpha value is -4.19. The summed E-state index contributed by atoms with van der Waals surface area (Å²) in [5.41, 5.74) is 3.34. The van der Waals surface area contributed by atoms with Crippen LogP contribution in [0.3, 0.4) is 0 Å². The van der Waals surface area contributed by atoms with Crippen LogP contribution in [0.15, 0.2) is 47.3 Å². The summed E-state index contributed by atoms with van der Waals surface area (Å²) in [5, 5.41) is 11.3. The third-order valence-electron chi connectivity index (χ3n) is 9.14. The van der Waals surface area contributed by atoms with Crippen molar-refractivity contribution in [3.63, 3.8) is 0 Å². The first-order valence-electron chi connectivity index (χ1n) is 14.9. The molecule has 44 heavy (non-hydrogen) atoms. The molecule has 2 aliphatic carbocycles. The number of rotatable bonds is 8. The van der Waals surface area contributed by atoms with Crippen LogP contribution in [0.4, 0.5) is 5.82 Å². The molecule has 7 rings (SSSR count). The molecule has 3 atom stereocenters. The number of pyridine rings is 1. The normalized spacial score (nSPS) is 22.1. The highest BCUT2D eigenvalue weighted by molar-refractivity contribution is 9.10. The third-order valence-corrected chi connectivity index (χ3v) is 9.59. The number of carbonyl (C=O) groups excluding carboxylic acids is 3. The second-order valence-corrected chi connectivity index (χ2v) is 13.4. The molecule has 226 valence electrons. The maximum Gasteiger partial charge on any atom is 0.272 e. The van der Waals surface area contributed by atoms with E-state index in [4.69, 9.17) is 0 Å². The zero-order chi connectivity index (χ0) is 30.7. The van der Waals surface area contributed by atoms with Gasteiger partial charge in [-0.15, -0.1) is 0 Å². The highest BCUT2D eigenvalue weighted by Gasteiger charge is 2.64. The second kappa shape index (κ2) is 10.8. The quantitative estimate of drug-likeness (QED) is 0.268. The van der Waals surface area contributed by atoms with Gasteiger partial charge in [0.15, 0.2) is 5.69 Å². The van der Waals surface area contributed by atoms with E-state index < -0.39 is 6.04 Å². The number of nitrogens with zero attached hydrogens (tertiary/aromatic N) is 6. The number of piperidine rings is 1. The Bertz CT molecular complexity index is 1820. The summed E-state index contributed by atoms with van der Waals surface area (Å²) in [5.74, 6) is 0.922. The fraction of sp³-hybridized carbons (Fsp3) is 0.406. The van der Waals surface area contributed by atoms with Crippen LogP contribution in [0.2, 0.25) is 0 Å². The van der Waals surface area contributed by atoms with Gasteiger partial charge >= 0.3 is 0 Å². The number of nitrogens with one attached hydrogen (secondary N) is 2. The minimum absolute atomic E-state index is 0.0152. The van der Waals surface area contributed by atoms with Crippen molar-refractivity contribution in [3.05, 3.63) is 64.4 Å². The first kappa shape index (κ1) is 28.6. The van der Waals surface area contributed by atoms with Crippen LogP contribution in [-0.2, 0) is 16.1 Å². The summed E-state index contributed by atoms with van der Waals surface area (Å²) in [7, 11) is 0. The lowest BCUT2D eigenvalue weighted by Gasteiger charge is -2.27. The fourth-order valence-electron chi connectivity index (χ4n) is 6.23. The maximum absolute atomic E-state index is 14.0. The zero-order valence-electron chi connectivity index (χ0n) is 24.8. The molecule has 2 N–H and O–H groups in total. The van der Waals surface area contributed by atoms with Crippen molar-refractivity contribution in [1.82, 2.24) is 34.9 Å². The van der Waals surface area contributed by atoms with E-state index in [2.05, 4.69) is 53.5 Å². The summed E-state index contributed by atoms with van der Waals surface area (Å²) in [4.78, 5) is 55.6. The Labute approximate surface area is 263 Å². The molecular formula is C32H33BrN8O3. The number of aromatic nitrogens is 5. The van der Waals surface area contributed by atoms with Gasteiger partial charge in [-0.1, -0.05) is 19.1 Å². The van der Waals surface area contributed by atoms with E-state index in [-0.39, 0.29) is 41.4 Å². The van der Waals surface area contributed by atoms with E-state index >= 15 is 0 Å². The molecule has 12 heteroatoms. The van der Waals surface area contributed by atoms with Gasteiger partial charge in [0.05, 0.1) is 5.52 Å². The third kappa shape index (κ3) is 5.36. The highest BCUT2D eigenvalue weighted by Crippen LogP contribution is 2.59. The number of aryl methyl sites for hydroxylation is 2. The fourth-order valence-corrected chi connectivity index (χ4v) is 6.54. The molecule has 1 saturated heterocycles. The van der Waals surface area contributed by atoms with Gasteiger partial charge in [-0.3, -0.25) is 19.1 Å². The van der Waals surface area contributed by atoms with Gasteiger partial charge < -0.3 is 15.5 Å². The standard InChI is InChI=1S/C32H33BrN8O3/c1-17-4-9-26(33)37-29(17)38-30(43)24-11-32(3)12-25(32)41(24)27(42)16-40-23-8-7-20(21-14-34-18(2)35-15-21)10-22(23)28(39-40)31(44)36-13-19-5-6-19/h4,7-10,14-15,19,24-25H,5-6,11-13,16H2,1-3H3,(H,36,44)(H,37,38,43)/t24-,25+,32-/m0/s1. The summed E-state index contributed by atoms with van der Waals surface area (Å²) in [6.07, 6.45) is 7.17. The molecule has 3 aromatic heterocycles. The van der Waals surface area contributed by atoms with Gasteiger partial charge in [-0.25, -0.2) is 15.0 Å². The topological polar surface area (TPSA) is 135 Å². The number of hydrogen-bond donors (Lipinski definition) is 2. The van der Waals surface area contributed by atoms with Crippen LogP contribution in [0.5, 0.6) is 0 Å². The molecule has 3 amide bonds. The van der Waals surface area contributed by atoms with E-state index in [1.807, 2.05) is 44.2 Å². The van der Waals surface area contributed by atoms with Crippen LogP contribution in [-0.4, -0.2) is 66.0 Å². The van der Waals surface area contributed by atoms with Crippen molar-refractivity contribution >= 4 is 50.4 Å². The Morgan fingerprint density at radius 2 is 1.82 bits per heavy atom. The van der Waals surface area contributed by atoms with Crippen LogP contribution < -0.4 is 10.6 Å². The lowest BCUT2D eigenvalue weighted by molar-refractivity contribution is -0.138. The average Bonchev–Trinajstić information content (AvgIpc) is 3.89. The number of halogens is 1. The van der Waals surface area contributed by atoms with Gasteiger partial charge in [0.2, 0.25) is 11.8 Å². The van der Waals surface area contributed by atoms with Gasteiger partial charge in [0.1, 0.15) is 28.8 Å². The minimum atomic E-state index is -0.622.